The normalized spacial score (nSPS) is 18.0. The molecule has 2 rings (SSSR count). The Morgan fingerprint density at radius 2 is 1.96 bits per heavy atom. The van der Waals surface area contributed by atoms with Crippen LogP contribution in [0.4, 0.5) is 0 Å². The van der Waals surface area contributed by atoms with Crippen molar-refractivity contribution < 1.29 is 14.7 Å². The minimum absolute atomic E-state index is 0.0788. The molecule has 1 aromatic rings. The Labute approximate surface area is 144 Å². The van der Waals surface area contributed by atoms with Crippen LogP contribution in [-0.2, 0) is 16.1 Å². The molecule has 5 heteroatoms. The molecule has 24 heavy (non-hydrogen) atoms. The van der Waals surface area contributed by atoms with Crippen LogP contribution in [0.5, 0.6) is 0 Å². The highest BCUT2D eigenvalue weighted by Gasteiger charge is 2.27. The van der Waals surface area contributed by atoms with E-state index in [1.54, 1.807) is 0 Å². The smallest absolute Gasteiger partial charge is 0.303 e. The van der Waals surface area contributed by atoms with E-state index in [0.29, 0.717) is 13.0 Å². The number of amides is 1. The van der Waals surface area contributed by atoms with Gasteiger partial charge in [0.15, 0.2) is 0 Å². The summed E-state index contributed by atoms with van der Waals surface area (Å²) in [6, 6.07) is 8.42. The highest BCUT2D eigenvalue weighted by atomic mass is 16.4. The van der Waals surface area contributed by atoms with Gasteiger partial charge in [-0.15, -0.1) is 0 Å². The SMILES string of the molecule is Cc1ccc(CN(C)CC(=O)N2CCCCC2CCC(=O)O)cc1. The van der Waals surface area contributed by atoms with Crippen molar-refractivity contribution in [3.05, 3.63) is 35.4 Å². The van der Waals surface area contributed by atoms with Gasteiger partial charge < -0.3 is 10.0 Å². The molecule has 1 amide bonds. The molecular weight excluding hydrogens is 304 g/mol. The van der Waals surface area contributed by atoms with Crippen LogP contribution in [0.15, 0.2) is 24.3 Å². The van der Waals surface area contributed by atoms with Crippen molar-refractivity contribution in [3.63, 3.8) is 0 Å². The maximum Gasteiger partial charge on any atom is 0.303 e. The molecule has 0 spiro atoms. The standard InChI is InChI=1S/C19H28N2O3/c1-15-6-8-16(9-7-15)13-20(2)14-18(22)21-12-4-3-5-17(21)10-11-19(23)24/h6-9,17H,3-5,10-14H2,1-2H3,(H,23,24). The van der Waals surface area contributed by atoms with Crippen LogP contribution >= 0.6 is 0 Å². The van der Waals surface area contributed by atoms with Crippen LogP contribution in [0.3, 0.4) is 0 Å². The number of carbonyl (C=O) groups excluding carboxylic acids is 1. The molecule has 1 aliphatic heterocycles. The number of rotatable bonds is 7. The van der Waals surface area contributed by atoms with Gasteiger partial charge in [0.05, 0.1) is 6.54 Å². The van der Waals surface area contributed by atoms with Crippen molar-refractivity contribution >= 4 is 11.9 Å². The van der Waals surface area contributed by atoms with Gasteiger partial charge in [-0.25, -0.2) is 0 Å². The molecule has 1 N–H and O–H groups in total. The molecule has 0 saturated carbocycles. The molecule has 1 atom stereocenters. The van der Waals surface area contributed by atoms with Gasteiger partial charge in [-0.2, -0.15) is 0 Å². The number of carbonyl (C=O) groups is 2. The zero-order valence-corrected chi connectivity index (χ0v) is 14.7. The lowest BCUT2D eigenvalue weighted by atomic mass is 9.98. The first kappa shape index (κ1) is 18.5. The zero-order valence-electron chi connectivity index (χ0n) is 14.7. The molecular formula is C19H28N2O3. The molecule has 0 bridgehead atoms. The second-order valence-electron chi connectivity index (χ2n) is 6.83. The Balaban J connectivity index is 1.88. The third-order valence-electron chi connectivity index (χ3n) is 4.62. The second-order valence-corrected chi connectivity index (χ2v) is 6.83. The number of benzene rings is 1. The summed E-state index contributed by atoms with van der Waals surface area (Å²) >= 11 is 0. The van der Waals surface area contributed by atoms with Crippen molar-refractivity contribution in [1.29, 1.82) is 0 Å². The molecule has 0 aromatic heterocycles. The largest absolute Gasteiger partial charge is 0.481 e. The monoisotopic (exact) mass is 332 g/mol. The minimum Gasteiger partial charge on any atom is -0.481 e. The van der Waals surface area contributed by atoms with E-state index >= 15 is 0 Å². The number of hydrogen-bond acceptors (Lipinski definition) is 3. The Morgan fingerprint density at radius 3 is 2.62 bits per heavy atom. The molecule has 5 nitrogen and oxygen atoms in total. The fourth-order valence-corrected chi connectivity index (χ4v) is 3.30. The number of piperidine rings is 1. The lowest BCUT2D eigenvalue weighted by Crippen LogP contribution is -2.47. The Hall–Kier alpha value is -1.88. The molecule has 1 saturated heterocycles. The fraction of sp³-hybridized carbons (Fsp3) is 0.579. The van der Waals surface area contributed by atoms with Crippen molar-refractivity contribution in [1.82, 2.24) is 9.80 Å². The molecule has 1 aliphatic rings. The molecule has 132 valence electrons. The van der Waals surface area contributed by atoms with Crippen molar-refractivity contribution in [2.75, 3.05) is 20.1 Å². The van der Waals surface area contributed by atoms with Crippen molar-refractivity contribution in [2.45, 2.75) is 51.6 Å². The number of likely N-dealkylation sites (tertiary alicyclic amines) is 1. The van der Waals surface area contributed by atoms with Gasteiger partial charge in [0.1, 0.15) is 0 Å². The summed E-state index contributed by atoms with van der Waals surface area (Å²) in [6.45, 7) is 3.92. The van der Waals surface area contributed by atoms with E-state index < -0.39 is 5.97 Å². The highest BCUT2D eigenvalue weighted by molar-refractivity contribution is 5.78. The number of aliphatic carboxylic acids is 1. The van der Waals surface area contributed by atoms with E-state index in [9.17, 15) is 9.59 Å². The topological polar surface area (TPSA) is 60.9 Å². The van der Waals surface area contributed by atoms with Crippen LogP contribution in [0, 0.1) is 6.92 Å². The Bertz CT molecular complexity index is 556. The van der Waals surface area contributed by atoms with E-state index in [4.69, 9.17) is 5.11 Å². The second kappa shape index (κ2) is 8.83. The van der Waals surface area contributed by atoms with Gasteiger partial charge in [0.25, 0.3) is 0 Å². The van der Waals surface area contributed by atoms with Gasteiger partial charge in [-0.1, -0.05) is 29.8 Å². The van der Waals surface area contributed by atoms with Crippen molar-refractivity contribution in [3.8, 4) is 0 Å². The van der Waals surface area contributed by atoms with Crippen LogP contribution in [0.2, 0.25) is 0 Å². The van der Waals surface area contributed by atoms with Gasteiger partial charge in [-0.3, -0.25) is 14.5 Å². The van der Waals surface area contributed by atoms with Crippen LogP contribution in [0.1, 0.15) is 43.2 Å². The lowest BCUT2D eigenvalue weighted by Gasteiger charge is -2.36. The summed E-state index contributed by atoms with van der Waals surface area (Å²) in [5, 5.41) is 8.89. The first-order valence-electron chi connectivity index (χ1n) is 8.71. The van der Waals surface area contributed by atoms with Gasteiger partial charge >= 0.3 is 5.97 Å². The predicted octanol–water partition coefficient (Wildman–Crippen LogP) is 2.67. The number of carboxylic acids is 1. The van der Waals surface area contributed by atoms with Crippen LogP contribution in [0.25, 0.3) is 0 Å². The number of carboxylic acid groups (broad SMARTS) is 1. The quantitative estimate of drug-likeness (QED) is 0.834. The number of aryl methyl sites for hydroxylation is 1. The van der Waals surface area contributed by atoms with E-state index in [-0.39, 0.29) is 18.4 Å². The van der Waals surface area contributed by atoms with Gasteiger partial charge in [-0.05, 0) is 45.2 Å². The summed E-state index contributed by atoms with van der Waals surface area (Å²) in [7, 11) is 1.95. The maximum absolute atomic E-state index is 12.6. The Kier molecular flexibility index (Phi) is 6.79. The maximum atomic E-state index is 12.6. The molecule has 1 unspecified atom stereocenters. The molecule has 1 aromatic carbocycles. The number of nitrogens with zero attached hydrogens (tertiary/aromatic N) is 2. The van der Waals surface area contributed by atoms with E-state index in [1.807, 2.05) is 16.8 Å². The van der Waals surface area contributed by atoms with E-state index in [0.717, 1.165) is 32.4 Å². The van der Waals surface area contributed by atoms with Crippen molar-refractivity contribution in [2.24, 2.45) is 0 Å². The molecule has 0 aliphatic carbocycles. The van der Waals surface area contributed by atoms with E-state index in [1.165, 1.54) is 11.1 Å². The zero-order chi connectivity index (χ0) is 17.5. The summed E-state index contributed by atoms with van der Waals surface area (Å²) in [5.74, 6) is -0.677. The summed E-state index contributed by atoms with van der Waals surface area (Å²) in [4.78, 5) is 27.4. The number of hydrogen-bond donors (Lipinski definition) is 1. The third kappa shape index (κ3) is 5.64. The highest BCUT2D eigenvalue weighted by Crippen LogP contribution is 2.21. The van der Waals surface area contributed by atoms with E-state index in [2.05, 4.69) is 31.2 Å². The molecule has 1 fully saturated rings. The Morgan fingerprint density at radius 1 is 1.25 bits per heavy atom. The first-order valence-corrected chi connectivity index (χ1v) is 8.71. The predicted molar refractivity (Wildman–Crippen MR) is 93.7 cm³/mol. The fourth-order valence-electron chi connectivity index (χ4n) is 3.30. The third-order valence-corrected chi connectivity index (χ3v) is 4.62. The van der Waals surface area contributed by atoms with Gasteiger partial charge in [0.2, 0.25) is 5.91 Å². The lowest BCUT2D eigenvalue weighted by molar-refractivity contribution is -0.140. The first-order chi connectivity index (χ1) is 11.5. The number of likely N-dealkylation sites (N-methyl/N-ethyl adjacent to an activating group) is 1. The van der Waals surface area contributed by atoms with Gasteiger partial charge in [0, 0.05) is 25.6 Å². The molecule has 0 radical (unpaired) electrons. The molecule has 1 heterocycles. The summed E-state index contributed by atoms with van der Waals surface area (Å²) in [6.07, 6.45) is 3.70. The van der Waals surface area contributed by atoms with Crippen LogP contribution < -0.4 is 0 Å². The average Bonchev–Trinajstić information content (AvgIpc) is 2.55. The summed E-state index contributed by atoms with van der Waals surface area (Å²) < 4.78 is 0. The average molecular weight is 332 g/mol. The van der Waals surface area contributed by atoms with Crippen LogP contribution in [-0.4, -0.2) is 53.0 Å². The minimum atomic E-state index is -0.788. The summed E-state index contributed by atoms with van der Waals surface area (Å²) in [5.41, 5.74) is 2.42.